The SMILES string of the molecule is COCCOCCc1nc2c(c(C(=O)O)n1)CCNC2. The van der Waals surface area contributed by atoms with E-state index >= 15 is 0 Å². The van der Waals surface area contributed by atoms with Crippen LogP contribution in [0.4, 0.5) is 0 Å². The Kier molecular flexibility index (Phi) is 5.40. The summed E-state index contributed by atoms with van der Waals surface area (Å²) < 4.78 is 10.2. The Morgan fingerprint density at radius 2 is 2.20 bits per heavy atom. The molecule has 110 valence electrons. The minimum atomic E-state index is -0.993. The second-order valence-electron chi connectivity index (χ2n) is 4.50. The molecule has 0 aromatic carbocycles. The lowest BCUT2D eigenvalue weighted by Gasteiger charge is -2.18. The lowest BCUT2D eigenvalue weighted by Crippen LogP contribution is -2.28. The average Bonchev–Trinajstić information content (AvgIpc) is 2.46. The van der Waals surface area contributed by atoms with Crippen LogP contribution >= 0.6 is 0 Å². The van der Waals surface area contributed by atoms with E-state index in [9.17, 15) is 9.90 Å². The fourth-order valence-electron chi connectivity index (χ4n) is 2.11. The van der Waals surface area contributed by atoms with Gasteiger partial charge in [-0.05, 0) is 13.0 Å². The van der Waals surface area contributed by atoms with E-state index in [-0.39, 0.29) is 5.69 Å². The van der Waals surface area contributed by atoms with E-state index in [2.05, 4.69) is 15.3 Å². The zero-order chi connectivity index (χ0) is 14.4. The van der Waals surface area contributed by atoms with Crippen LogP contribution in [-0.4, -0.2) is 54.5 Å². The highest BCUT2D eigenvalue weighted by Crippen LogP contribution is 2.16. The predicted octanol–water partition coefficient (Wildman–Crippen LogP) is 0.0260. The van der Waals surface area contributed by atoms with Gasteiger partial charge in [0.25, 0.3) is 0 Å². The second kappa shape index (κ2) is 7.28. The highest BCUT2D eigenvalue weighted by Gasteiger charge is 2.21. The van der Waals surface area contributed by atoms with Crippen LogP contribution in [0.5, 0.6) is 0 Å². The van der Waals surface area contributed by atoms with Crippen LogP contribution < -0.4 is 5.32 Å². The molecule has 0 radical (unpaired) electrons. The van der Waals surface area contributed by atoms with Crippen LogP contribution in [0, 0.1) is 0 Å². The van der Waals surface area contributed by atoms with Crippen LogP contribution in [0.2, 0.25) is 0 Å². The Morgan fingerprint density at radius 3 is 2.95 bits per heavy atom. The number of carboxylic acid groups (broad SMARTS) is 1. The number of nitrogens with zero attached hydrogens (tertiary/aromatic N) is 2. The van der Waals surface area contributed by atoms with Crippen molar-refractivity contribution in [3.8, 4) is 0 Å². The van der Waals surface area contributed by atoms with Crippen LogP contribution in [0.25, 0.3) is 0 Å². The first-order valence-corrected chi connectivity index (χ1v) is 6.61. The molecule has 2 heterocycles. The molecule has 0 unspecified atom stereocenters. The van der Waals surface area contributed by atoms with E-state index < -0.39 is 5.97 Å². The topological polar surface area (TPSA) is 93.6 Å². The molecule has 0 aliphatic carbocycles. The van der Waals surface area contributed by atoms with Crippen molar-refractivity contribution < 1.29 is 19.4 Å². The Morgan fingerprint density at radius 1 is 1.35 bits per heavy atom. The average molecular weight is 281 g/mol. The monoisotopic (exact) mass is 281 g/mol. The fourth-order valence-corrected chi connectivity index (χ4v) is 2.11. The maximum Gasteiger partial charge on any atom is 0.354 e. The summed E-state index contributed by atoms with van der Waals surface area (Å²) in [5, 5.41) is 12.4. The molecule has 0 spiro atoms. The zero-order valence-electron chi connectivity index (χ0n) is 11.5. The van der Waals surface area contributed by atoms with Gasteiger partial charge in [-0.15, -0.1) is 0 Å². The molecule has 2 rings (SSSR count). The van der Waals surface area contributed by atoms with Crippen molar-refractivity contribution in [1.82, 2.24) is 15.3 Å². The smallest absolute Gasteiger partial charge is 0.354 e. The van der Waals surface area contributed by atoms with Crippen LogP contribution in [0.1, 0.15) is 27.6 Å². The first-order valence-electron chi connectivity index (χ1n) is 6.61. The van der Waals surface area contributed by atoms with Crippen molar-refractivity contribution in [3.63, 3.8) is 0 Å². The molecule has 7 heteroatoms. The number of aromatic nitrogens is 2. The van der Waals surface area contributed by atoms with Crippen molar-refractivity contribution in [3.05, 3.63) is 22.8 Å². The van der Waals surface area contributed by atoms with E-state index in [1.807, 2.05) is 0 Å². The maximum absolute atomic E-state index is 11.3. The zero-order valence-corrected chi connectivity index (χ0v) is 11.5. The van der Waals surface area contributed by atoms with E-state index in [0.29, 0.717) is 45.0 Å². The van der Waals surface area contributed by atoms with E-state index in [4.69, 9.17) is 9.47 Å². The van der Waals surface area contributed by atoms with Gasteiger partial charge in [0.05, 0.1) is 25.5 Å². The van der Waals surface area contributed by atoms with Crippen molar-refractivity contribution in [2.45, 2.75) is 19.4 Å². The van der Waals surface area contributed by atoms with Gasteiger partial charge in [-0.3, -0.25) is 0 Å². The number of carbonyl (C=O) groups is 1. The third-order valence-electron chi connectivity index (χ3n) is 3.09. The minimum absolute atomic E-state index is 0.128. The summed E-state index contributed by atoms with van der Waals surface area (Å²) in [6.45, 7) is 2.85. The number of nitrogens with one attached hydrogen (secondary N) is 1. The first-order chi connectivity index (χ1) is 9.72. The number of carboxylic acids is 1. The molecule has 1 aromatic heterocycles. The summed E-state index contributed by atoms with van der Waals surface area (Å²) in [5.74, 6) is -0.477. The van der Waals surface area contributed by atoms with E-state index in [0.717, 1.165) is 17.8 Å². The van der Waals surface area contributed by atoms with Gasteiger partial charge in [0.1, 0.15) is 5.82 Å². The Labute approximate surface area is 117 Å². The molecule has 0 saturated carbocycles. The Hall–Kier alpha value is -1.57. The van der Waals surface area contributed by atoms with Crippen LogP contribution in [0.15, 0.2) is 0 Å². The van der Waals surface area contributed by atoms with Gasteiger partial charge in [0, 0.05) is 25.6 Å². The summed E-state index contributed by atoms with van der Waals surface area (Å²) in [6, 6.07) is 0. The molecule has 0 bridgehead atoms. The number of methoxy groups -OCH3 is 1. The molecule has 1 aliphatic rings. The molecule has 1 aromatic rings. The molecule has 0 atom stereocenters. The van der Waals surface area contributed by atoms with Gasteiger partial charge >= 0.3 is 5.97 Å². The standard InChI is InChI=1S/C13H19N3O4/c1-19-6-7-20-5-3-11-15-10-8-14-4-2-9(10)12(16-11)13(17)18/h14H,2-8H2,1H3,(H,17,18). The highest BCUT2D eigenvalue weighted by atomic mass is 16.5. The Balaban J connectivity index is 2.06. The molecular formula is C13H19N3O4. The molecule has 1 aliphatic heterocycles. The molecule has 20 heavy (non-hydrogen) atoms. The normalized spacial score (nSPS) is 14.1. The molecular weight excluding hydrogens is 262 g/mol. The third-order valence-corrected chi connectivity index (χ3v) is 3.09. The van der Waals surface area contributed by atoms with Gasteiger partial charge in [0.15, 0.2) is 5.69 Å². The number of hydrogen-bond donors (Lipinski definition) is 2. The second-order valence-corrected chi connectivity index (χ2v) is 4.50. The number of ether oxygens (including phenoxy) is 2. The molecule has 7 nitrogen and oxygen atoms in total. The van der Waals surface area contributed by atoms with Crippen molar-refractivity contribution >= 4 is 5.97 Å². The number of aromatic carboxylic acids is 1. The van der Waals surface area contributed by atoms with Crippen molar-refractivity contribution in [1.29, 1.82) is 0 Å². The lowest BCUT2D eigenvalue weighted by atomic mass is 10.0. The Bertz CT molecular complexity index is 479. The lowest BCUT2D eigenvalue weighted by molar-refractivity contribution is 0.0682. The minimum Gasteiger partial charge on any atom is -0.477 e. The molecule has 2 N–H and O–H groups in total. The number of hydrogen-bond acceptors (Lipinski definition) is 6. The van der Waals surface area contributed by atoms with Crippen molar-refractivity contribution in [2.75, 3.05) is 33.5 Å². The predicted molar refractivity (Wildman–Crippen MR) is 70.8 cm³/mol. The largest absolute Gasteiger partial charge is 0.477 e. The molecule has 0 fully saturated rings. The van der Waals surface area contributed by atoms with Crippen molar-refractivity contribution in [2.24, 2.45) is 0 Å². The molecule has 0 amide bonds. The van der Waals surface area contributed by atoms with Gasteiger partial charge in [-0.2, -0.15) is 0 Å². The summed E-state index contributed by atoms with van der Waals surface area (Å²) in [6.07, 6.45) is 1.15. The fraction of sp³-hybridized carbons (Fsp3) is 0.615. The summed E-state index contributed by atoms with van der Waals surface area (Å²) in [4.78, 5) is 19.9. The summed E-state index contributed by atoms with van der Waals surface area (Å²) in [7, 11) is 1.61. The summed E-state index contributed by atoms with van der Waals surface area (Å²) >= 11 is 0. The third kappa shape index (κ3) is 3.72. The number of rotatable bonds is 7. The van der Waals surface area contributed by atoms with E-state index in [1.54, 1.807) is 7.11 Å². The van der Waals surface area contributed by atoms with Crippen LogP contribution in [-0.2, 0) is 28.9 Å². The van der Waals surface area contributed by atoms with Gasteiger partial charge in [0.2, 0.25) is 0 Å². The number of fused-ring (bicyclic) bond motifs is 1. The maximum atomic E-state index is 11.3. The van der Waals surface area contributed by atoms with E-state index in [1.165, 1.54) is 0 Å². The quantitative estimate of drug-likeness (QED) is 0.681. The first kappa shape index (κ1) is 14.8. The highest BCUT2D eigenvalue weighted by molar-refractivity contribution is 5.87. The van der Waals surface area contributed by atoms with Gasteiger partial charge < -0.3 is 19.9 Å². The van der Waals surface area contributed by atoms with Crippen LogP contribution in [0.3, 0.4) is 0 Å². The van der Waals surface area contributed by atoms with Gasteiger partial charge in [-0.1, -0.05) is 0 Å². The van der Waals surface area contributed by atoms with Gasteiger partial charge in [-0.25, -0.2) is 14.8 Å². The molecule has 0 saturated heterocycles. The summed E-state index contributed by atoms with van der Waals surface area (Å²) in [5.41, 5.74) is 1.67.